The fourth-order valence-electron chi connectivity index (χ4n) is 4.15. The van der Waals surface area contributed by atoms with E-state index in [1.807, 2.05) is 46.7 Å². The molecule has 0 bridgehead atoms. The Kier molecular flexibility index (Phi) is 5.05. The summed E-state index contributed by atoms with van der Waals surface area (Å²) >= 11 is 0. The molecule has 1 amide bonds. The number of methoxy groups -OCH3 is 1. The number of carbonyl (C=O) groups excluding carboxylic acids is 1. The van der Waals surface area contributed by atoms with Gasteiger partial charge in [0.25, 0.3) is 5.91 Å². The molecule has 4 aromatic rings. The molecular weight excluding hydrogens is 406 g/mol. The largest absolute Gasteiger partial charge is 0.497 e. The van der Waals surface area contributed by atoms with E-state index in [1.54, 1.807) is 13.2 Å². The zero-order valence-electron chi connectivity index (χ0n) is 18.4. The molecular formula is C24H25N5O3. The van der Waals surface area contributed by atoms with Crippen LogP contribution in [0.1, 0.15) is 21.6 Å². The van der Waals surface area contributed by atoms with E-state index in [9.17, 15) is 4.79 Å². The maximum Gasteiger partial charge on any atom is 0.257 e. The van der Waals surface area contributed by atoms with Crippen LogP contribution in [0.2, 0.25) is 0 Å². The number of anilines is 1. The Bertz CT molecular complexity index is 1250. The van der Waals surface area contributed by atoms with Crippen molar-refractivity contribution in [2.45, 2.75) is 13.8 Å². The zero-order chi connectivity index (χ0) is 22.2. The van der Waals surface area contributed by atoms with Crippen molar-refractivity contribution >= 4 is 17.4 Å². The van der Waals surface area contributed by atoms with Crippen molar-refractivity contribution in [3.05, 3.63) is 65.7 Å². The molecule has 3 aromatic heterocycles. The van der Waals surface area contributed by atoms with Crippen molar-refractivity contribution in [3.8, 4) is 17.0 Å². The van der Waals surface area contributed by atoms with Crippen LogP contribution in [0, 0.1) is 13.8 Å². The van der Waals surface area contributed by atoms with Gasteiger partial charge in [-0.1, -0.05) is 0 Å². The molecule has 0 unspecified atom stereocenters. The third-order valence-corrected chi connectivity index (χ3v) is 6.07. The smallest absolute Gasteiger partial charge is 0.257 e. The number of hydrogen-bond acceptors (Lipinski definition) is 6. The molecule has 8 heteroatoms. The molecule has 1 fully saturated rings. The van der Waals surface area contributed by atoms with Crippen LogP contribution in [-0.2, 0) is 0 Å². The van der Waals surface area contributed by atoms with E-state index in [0.29, 0.717) is 18.7 Å². The monoisotopic (exact) mass is 431 g/mol. The number of furan rings is 1. The lowest BCUT2D eigenvalue weighted by Crippen LogP contribution is -2.49. The van der Waals surface area contributed by atoms with Crippen LogP contribution >= 0.6 is 0 Å². The van der Waals surface area contributed by atoms with Crippen molar-refractivity contribution in [3.63, 3.8) is 0 Å². The van der Waals surface area contributed by atoms with Crippen LogP contribution in [0.5, 0.6) is 5.75 Å². The van der Waals surface area contributed by atoms with Crippen LogP contribution in [0.3, 0.4) is 0 Å². The normalized spacial score (nSPS) is 14.2. The van der Waals surface area contributed by atoms with Gasteiger partial charge in [0.1, 0.15) is 17.8 Å². The van der Waals surface area contributed by atoms with E-state index in [1.165, 1.54) is 12.5 Å². The number of nitrogens with zero attached hydrogens (tertiary/aromatic N) is 5. The van der Waals surface area contributed by atoms with Crippen LogP contribution in [0.25, 0.3) is 16.9 Å². The standard InChI is InChI=1S/C24H25N5O3/c1-16-17(2)25-22-14-21(18-4-6-20(31-3)7-5-18)26-29(22)23(16)27-9-11-28(12-10-27)24(30)19-8-13-32-15-19/h4-8,13-15H,9-12H2,1-3H3. The molecule has 8 nitrogen and oxygen atoms in total. The molecule has 0 radical (unpaired) electrons. The zero-order valence-corrected chi connectivity index (χ0v) is 18.4. The van der Waals surface area contributed by atoms with E-state index < -0.39 is 0 Å². The lowest BCUT2D eigenvalue weighted by Gasteiger charge is -2.36. The second kappa shape index (κ2) is 8.03. The molecule has 1 aliphatic rings. The molecule has 0 spiro atoms. The summed E-state index contributed by atoms with van der Waals surface area (Å²) in [6.45, 7) is 6.83. The van der Waals surface area contributed by atoms with Gasteiger partial charge in [0.2, 0.25) is 0 Å². The molecule has 1 saturated heterocycles. The topological polar surface area (TPSA) is 76.1 Å². The molecule has 0 aliphatic carbocycles. The first-order valence-electron chi connectivity index (χ1n) is 10.6. The summed E-state index contributed by atoms with van der Waals surface area (Å²) in [5.41, 5.74) is 5.34. The maximum atomic E-state index is 12.7. The minimum absolute atomic E-state index is 0.00654. The second-order valence-electron chi connectivity index (χ2n) is 7.97. The van der Waals surface area contributed by atoms with E-state index >= 15 is 0 Å². The number of aromatic nitrogens is 3. The van der Waals surface area contributed by atoms with Crippen LogP contribution < -0.4 is 9.64 Å². The summed E-state index contributed by atoms with van der Waals surface area (Å²) in [5, 5.41) is 4.89. The van der Waals surface area contributed by atoms with Crippen LogP contribution in [-0.4, -0.2) is 58.7 Å². The molecule has 0 saturated carbocycles. The highest BCUT2D eigenvalue weighted by molar-refractivity contribution is 5.94. The van der Waals surface area contributed by atoms with Gasteiger partial charge in [-0.15, -0.1) is 0 Å². The summed E-state index contributed by atoms with van der Waals surface area (Å²) in [6.07, 6.45) is 3.03. The number of hydrogen-bond donors (Lipinski definition) is 0. The van der Waals surface area contributed by atoms with Crippen molar-refractivity contribution in [2.24, 2.45) is 0 Å². The number of ether oxygens (including phenoxy) is 1. The third-order valence-electron chi connectivity index (χ3n) is 6.07. The van der Waals surface area contributed by atoms with Gasteiger partial charge in [-0.2, -0.15) is 9.61 Å². The van der Waals surface area contributed by atoms with Crippen molar-refractivity contribution in [1.29, 1.82) is 0 Å². The van der Waals surface area contributed by atoms with Gasteiger partial charge in [-0.25, -0.2) is 4.98 Å². The first-order chi connectivity index (χ1) is 15.5. The molecule has 164 valence electrons. The van der Waals surface area contributed by atoms with Gasteiger partial charge in [-0.3, -0.25) is 4.79 Å². The SMILES string of the molecule is COc1ccc(-c2cc3nc(C)c(C)c(N4CCN(C(=O)c5ccoc5)CC4)n3n2)cc1. The summed E-state index contributed by atoms with van der Waals surface area (Å²) in [5.74, 6) is 1.85. The number of fused-ring (bicyclic) bond motifs is 1. The molecule has 1 aromatic carbocycles. The van der Waals surface area contributed by atoms with Gasteiger partial charge in [-0.05, 0) is 44.2 Å². The molecule has 5 rings (SSSR count). The predicted molar refractivity (Wildman–Crippen MR) is 121 cm³/mol. The fraction of sp³-hybridized carbons (Fsp3) is 0.292. The van der Waals surface area contributed by atoms with Gasteiger partial charge < -0.3 is 19.0 Å². The molecule has 4 heterocycles. The average molecular weight is 431 g/mol. The Labute approximate surface area is 186 Å². The third kappa shape index (κ3) is 3.47. The Morgan fingerprint density at radius 3 is 2.47 bits per heavy atom. The van der Waals surface area contributed by atoms with E-state index in [-0.39, 0.29) is 5.91 Å². The first kappa shape index (κ1) is 20.1. The summed E-state index contributed by atoms with van der Waals surface area (Å²) in [7, 11) is 1.66. The highest BCUT2D eigenvalue weighted by Crippen LogP contribution is 2.28. The van der Waals surface area contributed by atoms with Crippen LogP contribution in [0.4, 0.5) is 5.82 Å². The molecule has 1 aliphatic heterocycles. The highest BCUT2D eigenvalue weighted by atomic mass is 16.5. The number of benzene rings is 1. The summed E-state index contributed by atoms with van der Waals surface area (Å²) in [4.78, 5) is 21.6. The minimum Gasteiger partial charge on any atom is -0.497 e. The highest BCUT2D eigenvalue weighted by Gasteiger charge is 2.26. The van der Waals surface area contributed by atoms with Gasteiger partial charge in [0.15, 0.2) is 5.65 Å². The second-order valence-corrected chi connectivity index (χ2v) is 7.97. The average Bonchev–Trinajstić information content (AvgIpc) is 3.50. The fourth-order valence-corrected chi connectivity index (χ4v) is 4.15. The number of carbonyl (C=O) groups is 1. The Hall–Kier alpha value is -3.81. The minimum atomic E-state index is 0.00654. The van der Waals surface area contributed by atoms with Gasteiger partial charge >= 0.3 is 0 Å². The summed E-state index contributed by atoms with van der Waals surface area (Å²) < 4.78 is 12.3. The Morgan fingerprint density at radius 2 is 1.81 bits per heavy atom. The van der Waals surface area contributed by atoms with Crippen molar-refractivity contribution < 1.29 is 13.9 Å². The number of amides is 1. The lowest BCUT2D eigenvalue weighted by atomic mass is 10.1. The van der Waals surface area contributed by atoms with E-state index in [4.69, 9.17) is 19.2 Å². The number of rotatable bonds is 4. The maximum absolute atomic E-state index is 12.7. The molecule has 0 N–H and O–H groups in total. The Morgan fingerprint density at radius 1 is 1.06 bits per heavy atom. The number of piperazine rings is 1. The molecule has 0 atom stereocenters. The Balaban J connectivity index is 1.45. The first-order valence-corrected chi connectivity index (χ1v) is 10.6. The van der Waals surface area contributed by atoms with Gasteiger partial charge in [0, 0.05) is 49.1 Å². The van der Waals surface area contributed by atoms with Crippen LogP contribution in [0.15, 0.2) is 53.3 Å². The van der Waals surface area contributed by atoms with Crippen molar-refractivity contribution in [1.82, 2.24) is 19.5 Å². The number of aryl methyl sites for hydroxylation is 1. The molecule has 32 heavy (non-hydrogen) atoms. The van der Waals surface area contributed by atoms with Crippen molar-refractivity contribution in [2.75, 3.05) is 38.2 Å². The predicted octanol–water partition coefficient (Wildman–Crippen LogP) is 3.58. The van der Waals surface area contributed by atoms with Gasteiger partial charge in [0.05, 0.1) is 24.6 Å². The lowest BCUT2D eigenvalue weighted by molar-refractivity contribution is 0.0745. The quantitative estimate of drug-likeness (QED) is 0.492. The summed E-state index contributed by atoms with van der Waals surface area (Å²) in [6, 6.07) is 11.6. The van der Waals surface area contributed by atoms with E-state index in [2.05, 4.69) is 11.8 Å². The van der Waals surface area contributed by atoms with E-state index in [0.717, 1.165) is 52.8 Å².